The second-order valence-electron chi connectivity index (χ2n) is 4.12. The number of aromatic nitrogens is 4. The summed E-state index contributed by atoms with van der Waals surface area (Å²) in [5.41, 5.74) is 0. The largest absolute Gasteiger partial charge is 0.395 e. The van der Waals surface area contributed by atoms with Crippen LogP contribution < -0.4 is 0 Å². The Morgan fingerprint density at radius 1 is 1.47 bits per heavy atom. The molecule has 8 heteroatoms. The summed E-state index contributed by atoms with van der Waals surface area (Å²) >= 11 is 0. The van der Waals surface area contributed by atoms with Crippen molar-refractivity contribution in [2.24, 2.45) is 0 Å². The number of hydrogen-bond donors (Lipinski definition) is 1. The Kier molecular flexibility index (Phi) is 3.95. The molecule has 0 aromatic carbocycles. The van der Waals surface area contributed by atoms with E-state index >= 15 is 0 Å². The van der Waals surface area contributed by atoms with E-state index in [0.29, 0.717) is 11.9 Å². The quantitative estimate of drug-likeness (QED) is 0.738. The summed E-state index contributed by atoms with van der Waals surface area (Å²) in [5, 5.41) is 20.1. The van der Waals surface area contributed by atoms with E-state index in [9.17, 15) is 8.78 Å². The maximum Gasteiger partial charge on any atom is 0.251 e. The summed E-state index contributed by atoms with van der Waals surface area (Å²) < 4.78 is 26.3. The predicted molar refractivity (Wildman–Crippen MR) is 54.5 cm³/mol. The molecule has 1 aliphatic carbocycles. The van der Waals surface area contributed by atoms with Crippen LogP contribution >= 0.6 is 0 Å². The summed E-state index contributed by atoms with van der Waals surface area (Å²) in [6, 6.07) is 0.322. The predicted octanol–water partition coefficient (Wildman–Crippen LogP) is 0.0674. The van der Waals surface area contributed by atoms with Crippen molar-refractivity contribution >= 4 is 0 Å². The van der Waals surface area contributed by atoms with Gasteiger partial charge in [-0.1, -0.05) is 0 Å². The Hall–Kier alpha value is -1.15. The number of halogens is 2. The van der Waals surface area contributed by atoms with E-state index in [1.807, 2.05) is 0 Å². The van der Waals surface area contributed by atoms with E-state index in [1.165, 1.54) is 4.90 Å². The van der Waals surface area contributed by atoms with Crippen molar-refractivity contribution in [3.63, 3.8) is 0 Å². The molecule has 0 aliphatic heterocycles. The van der Waals surface area contributed by atoms with Crippen LogP contribution in [0.3, 0.4) is 0 Å². The summed E-state index contributed by atoms with van der Waals surface area (Å²) in [6.07, 6.45) is -0.355. The van der Waals surface area contributed by atoms with Crippen molar-refractivity contribution in [3.8, 4) is 0 Å². The molecule has 1 aromatic heterocycles. The Morgan fingerprint density at radius 2 is 2.24 bits per heavy atom. The summed E-state index contributed by atoms with van der Waals surface area (Å²) in [4.78, 5) is 1.45. The molecule has 1 heterocycles. The number of hydrogen-bond acceptors (Lipinski definition) is 5. The minimum absolute atomic E-state index is 0.155. The molecular formula is C9H15F2N5O. The third kappa shape index (κ3) is 3.40. The molecule has 0 saturated heterocycles. The van der Waals surface area contributed by atoms with Gasteiger partial charge in [0.15, 0.2) is 5.82 Å². The zero-order valence-corrected chi connectivity index (χ0v) is 9.34. The number of aliphatic hydroxyl groups is 1. The standard InChI is InChI=1S/C9H15F2N5O/c10-8(11)5-15(3-4-17)6-9-12-13-14-16(9)7-1-2-7/h7-8,17H,1-6H2. The topological polar surface area (TPSA) is 67.1 Å². The molecule has 1 N–H and O–H groups in total. The van der Waals surface area contributed by atoms with Gasteiger partial charge in [0, 0.05) is 6.54 Å². The molecular weight excluding hydrogens is 232 g/mol. The van der Waals surface area contributed by atoms with Crippen molar-refractivity contribution in [2.75, 3.05) is 19.7 Å². The molecule has 2 rings (SSSR count). The van der Waals surface area contributed by atoms with E-state index in [-0.39, 0.29) is 26.2 Å². The number of nitrogens with zero attached hydrogens (tertiary/aromatic N) is 5. The van der Waals surface area contributed by atoms with Crippen molar-refractivity contribution in [2.45, 2.75) is 31.9 Å². The van der Waals surface area contributed by atoms with Crippen molar-refractivity contribution in [1.29, 1.82) is 0 Å². The second-order valence-corrected chi connectivity index (χ2v) is 4.12. The smallest absolute Gasteiger partial charge is 0.251 e. The Bertz CT molecular complexity index is 355. The molecule has 0 amide bonds. The van der Waals surface area contributed by atoms with Crippen molar-refractivity contribution in [3.05, 3.63) is 5.82 Å². The molecule has 0 unspecified atom stereocenters. The van der Waals surface area contributed by atoms with Crippen LogP contribution in [0, 0.1) is 0 Å². The summed E-state index contributed by atoms with van der Waals surface area (Å²) in [7, 11) is 0. The second kappa shape index (κ2) is 5.46. The number of rotatable bonds is 7. The van der Waals surface area contributed by atoms with Gasteiger partial charge in [0.25, 0.3) is 6.43 Å². The van der Waals surface area contributed by atoms with Crippen LogP contribution in [0.2, 0.25) is 0 Å². The average molecular weight is 247 g/mol. The lowest BCUT2D eigenvalue weighted by atomic mass is 10.4. The molecule has 0 atom stereocenters. The lowest BCUT2D eigenvalue weighted by Gasteiger charge is -2.19. The fourth-order valence-corrected chi connectivity index (χ4v) is 1.69. The van der Waals surface area contributed by atoms with Crippen molar-refractivity contribution in [1.82, 2.24) is 25.1 Å². The van der Waals surface area contributed by atoms with Gasteiger partial charge in [0.1, 0.15) is 0 Å². The van der Waals surface area contributed by atoms with Crippen LogP contribution in [0.15, 0.2) is 0 Å². The van der Waals surface area contributed by atoms with Crippen LogP contribution in [0.1, 0.15) is 24.7 Å². The fourth-order valence-electron chi connectivity index (χ4n) is 1.69. The van der Waals surface area contributed by atoms with Crippen LogP contribution in [-0.4, -0.2) is 56.3 Å². The first-order chi connectivity index (χ1) is 8.20. The number of alkyl halides is 2. The zero-order valence-electron chi connectivity index (χ0n) is 9.34. The van der Waals surface area contributed by atoms with Gasteiger partial charge in [-0.25, -0.2) is 13.5 Å². The first kappa shape index (κ1) is 12.3. The van der Waals surface area contributed by atoms with Gasteiger partial charge in [0.05, 0.1) is 25.7 Å². The Labute approximate surface area is 97.2 Å². The van der Waals surface area contributed by atoms with E-state index in [1.54, 1.807) is 4.68 Å². The highest BCUT2D eigenvalue weighted by molar-refractivity contribution is 4.90. The first-order valence-electron chi connectivity index (χ1n) is 5.59. The number of aliphatic hydroxyl groups excluding tert-OH is 1. The molecule has 0 spiro atoms. The molecule has 96 valence electrons. The fraction of sp³-hybridized carbons (Fsp3) is 0.889. The van der Waals surface area contributed by atoms with Crippen molar-refractivity contribution < 1.29 is 13.9 Å². The van der Waals surface area contributed by atoms with Gasteiger partial charge < -0.3 is 5.11 Å². The first-order valence-corrected chi connectivity index (χ1v) is 5.59. The molecule has 1 aromatic rings. The van der Waals surface area contributed by atoms with E-state index in [0.717, 1.165) is 12.8 Å². The van der Waals surface area contributed by atoms with Gasteiger partial charge in [-0.05, 0) is 23.3 Å². The Morgan fingerprint density at radius 3 is 2.82 bits per heavy atom. The lowest BCUT2D eigenvalue weighted by molar-refractivity contribution is 0.0725. The van der Waals surface area contributed by atoms with Gasteiger partial charge in [-0.15, -0.1) is 5.10 Å². The highest BCUT2D eigenvalue weighted by atomic mass is 19.3. The molecule has 1 aliphatic rings. The maximum atomic E-state index is 12.3. The lowest BCUT2D eigenvalue weighted by Crippen LogP contribution is -2.32. The minimum Gasteiger partial charge on any atom is -0.395 e. The van der Waals surface area contributed by atoms with Crippen LogP contribution in [-0.2, 0) is 6.54 Å². The molecule has 1 fully saturated rings. The molecule has 0 bridgehead atoms. The van der Waals surface area contributed by atoms with E-state index in [2.05, 4.69) is 15.5 Å². The Balaban J connectivity index is 1.97. The van der Waals surface area contributed by atoms with E-state index in [4.69, 9.17) is 5.11 Å². The van der Waals surface area contributed by atoms with Gasteiger partial charge >= 0.3 is 0 Å². The SMILES string of the molecule is OCCN(Cc1nnnn1C1CC1)CC(F)F. The minimum atomic E-state index is -2.42. The normalized spacial score (nSPS) is 16.1. The molecule has 17 heavy (non-hydrogen) atoms. The van der Waals surface area contributed by atoms with Gasteiger partial charge in [0.2, 0.25) is 0 Å². The zero-order chi connectivity index (χ0) is 12.3. The third-order valence-electron chi connectivity index (χ3n) is 2.63. The van der Waals surface area contributed by atoms with Crippen LogP contribution in [0.25, 0.3) is 0 Å². The van der Waals surface area contributed by atoms with Crippen LogP contribution in [0.4, 0.5) is 8.78 Å². The summed E-state index contributed by atoms with van der Waals surface area (Å²) in [6.45, 7) is -0.0912. The molecule has 1 saturated carbocycles. The highest BCUT2D eigenvalue weighted by Crippen LogP contribution is 2.34. The number of tetrazole rings is 1. The van der Waals surface area contributed by atoms with Gasteiger partial charge in [-0.3, -0.25) is 4.90 Å². The van der Waals surface area contributed by atoms with Crippen LogP contribution in [0.5, 0.6) is 0 Å². The monoisotopic (exact) mass is 247 g/mol. The average Bonchev–Trinajstić information content (AvgIpc) is 3.00. The molecule has 0 radical (unpaired) electrons. The molecule has 6 nitrogen and oxygen atoms in total. The third-order valence-corrected chi connectivity index (χ3v) is 2.63. The summed E-state index contributed by atoms with van der Waals surface area (Å²) in [5.74, 6) is 0.585. The maximum absolute atomic E-state index is 12.3. The highest BCUT2D eigenvalue weighted by Gasteiger charge is 2.28. The van der Waals surface area contributed by atoms with E-state index < -0.39 is 6.43 Å². The van der Waals surface area contributed by atoms with Gasteiger partial charge in [-0.2, -0.15) is 0 Å².